The molecule has 0 spiro atoms. The van der Waals surface area contributed by atoms with Crippen LogP contribution in [0.5, 0.6) is 0 Å². The lowest BCUT2D eigenvalue weighted by Gasteiger charge is -2.01. The summed E-state index contributed by atoms with van der Waals surface area (Å²) in [5, 5.41) is 8.33. The second kappa shape index (κ2) is 3.94. The molecule has 0 aliphatic heterocycles. The molecule has 3 nitrogen and oxygen atoms in total. The third-order valence-electron chi connectivity index (χ3n) is 2.64. The summed E-state index contributed by atoms with van der Waals surface area (Å²) in [5.41, 5.74) is 3.88. The standard InChI is InChI=1S/C14H11N3/c1-10-7-8-12-13(9-10)15-14(17-16-12)11-5-3-2-4-6-11/h2-9H,1H3. The third kappa shape index (κ3) is 1.87. The summed E-state index contributed by atoms with van der Waals surface area (Å²) in [4.78, 5) is 4.53. The van der Waals surface area contributed by atoms with Crippen molar-refractivity contribution in [3.63, 3.8) is 0 Å². The molecule has 0 saturated heterocycles. The highest BCUT2D eigenvalue weighted by Crippen LogP contribution is 2.16. The SMILES string of the molecule is Cc1ccc2nnc(-c3ccccc3)nc2c1. The molecule has 82 valence electrons. The normalized spacial score (nSPS) is 10.6. The zero-order valence-corrected chi connectivity index (χ0v) is 9.46. The lowest BCUT2D eigenvalue weighted by atomic mass is 10.2. The smallest absolute Gasteiger partial charge is 0.182 e. The molecule has 1 heterocycles. The van der Waals surface area contributed by atoms with Crippen molar-refractivity contribution >= 4 is 11.0 Å². The number of aromatic nitrogens is 3. The van der Waals surface area contributed by atoms with Crippen LogP contribution in [0.25, 0.3) is 22.4 Å². The molecule has 17 heavy (non-hydrogen) atoms. The Morgan fingerprint density at radius 3 is 2.47 bits per heavy atom. The van der Waals surface area contributed by atoms with Crippen LogP contribution in [-0.2, 0) is 0 Å². The van der Waals surface area contributed by atoms with E-state index in [-0.39, 0.29) is 0 Å². The molecule has 0 bridgehead atoms. The highest BCUT2D eigenvalue weighted by Gasteiger charge is 2.03. The van der Waals surface area contributed by atoms with E-state index in [1.807, 2.05) is 55.5 Å². The molecule has 0 amide bonds. The highest BCUT2D eigenvalue weighted by molar-refractivity contribution is 5.76. The fourth-order valence-electron chi connectivity index (χ4n) is 1.75. The Morgan fingerprint density at radius 1 is 0.824 bits per heavy atom. The van der Waals surface area contributed by atoms with Gasteiger partial charge in [-0.2, -0.15) is 0 Å². The second-order valence-corrected chi connectivity index (χ2v) is 3.99. The Bertz CT molecular complexity index is 663. The molecule has 0 radical (unpaired) electrons. The van der Waals surface area contributed by atoms with Crippen LogP contribution in [0, 0.1) is 6.92 Å². The maximum Gasteiger partial charge on any atom is 0.182 e. The first-order chi connectivity index (χ1) is 8.33. The number of aryl methyl sites for hydroxylation is 1. The van der Waals surface area contributed by atoms with Crippen molar-refractivity contribution in [1.29, 1.82) is 0 Å². The van der Waals surface area contributed by atoms with Crippen LogP contribution in [0.15, 0.2) is 48.5 Å². The van der Waals surface area contributed by atoms with E-state index >= 15 is 0 Å². The zero-order chi connectivity index (χ0) is 11.7. The van der Waals surface area contributed by atoms with Crippen molar-refractivity contribution in [2.24, 2.45) is 0 Å². The molecule has 3 heteroatoms. The van der Waals surface area contributed by atoms with Crippen molar-refractivity contribution in [2.45, 2.75) is 6.92 Å². The van der Waals surface area contributed by atoms with E-state index < -0.39 is 0 Å². The predicted molar refractivity (Wildman–Crippen MR) is 67.5 cm³/mol. The molecule has 0 N–H and O–H groups in total. The van der Waals surface area contributed by atoms with Gasteiger partial charge in [0.1, 0.15) is 5.52 Å². The van der Waals surface area contributed by atoms with E-state index in [9.17, 15) is 0 Å². The summed E-state index contributed by atoms with van der Waals surface area (Å²) < 4.78 is 0. The van der Waals surface area contributed by atoms with Gasteiger partial charge in [-0.3, -0.25) is 0 Å². The van der Waals surface area contributed by atoms with Crippen LogP contribution in [0.1, 0.15) is 5.56 Å². The van der Waals surface area contributed by atoms with Crippen LogP contribution in [-0.4, -0.2) is 15.2 Å². The van der Waals surface area contributed by atoms with E-state index in [1.165, 1.54) is 5.56 Å². The third-order valence-corrected chi connectivity index (χ3v) is 2.64. The van der Waals surface area contributed by atoms with Gasteiger partial charge in [-0.25, -0.2) is 4.98 Å². The minimum Gasteiger partial charge on any atom is -0.225 e. The van der Waals surface area contributed by atoms with E-state index in [1.54, 1.807) is 0 Å². The summed E-state index contributed by atoms with van der Waals surface area (Å²) >= 11 is 0. The number of fused-ring (bicyclic) bond motifs is 1. The summed E-state index contributed by atoms with van der Waals surface area (Å²) in [5.74, 6) is 0.670. The topological polar surface area (TPSA) is 38.7 Å². The molecular weight excluding hydrogens is 210 g/mol. The highest BCUT2D eigenvalue weighted by atomic mass is 15.1. The van der Waals surface area contributed by atoms with Gasteiger partial charge in [0.25, 0.3) is 0 Å². The van der Waals surface area contributed by atoms with Crippen molar-refractivity contribution in [3.8, 4) is 11.4 Å². The van der Waals surface area contributed by atoms with Gasteiger partial charge in [-0.1, -0.05) is 36.4 Å². The maximum absolute atomic E-state index is 4.53. The zero-order valence-electron chi connectivity index (χ0n) is 9.46. The maximum atomic E-state index is 4.53. The van der Waals surface area contributed by atoms with Crippen molar-refractivity contribution in [2.75, 3.05) is 0 Å². The van der Waals surface area contributed by atoms with Crippen molar-refractivity contribution < 1.29 is 0 Å². The van der Waals surface area contributed by atoms with Crippen LogP contribution in [0.4, 0.5) is 0 Å². The lowest BCUT2D eigenvalue weighted by molar-refractivity contribution is 1.03. The van der Waals surface area contributed by atoms with Gasteiger partial charge in [0.05, 0.1) is 5.52 Å². The first-order valence-corrected chi connectivity index (χ1v) is 5.49. The van der Waals surface area contributed by atoms with Gasteiger partial charge in [0, 0.05) is 5.56 Å². The monoisotopic (exact) mass is 221 g/mol. The number of hydrogen-bond acceptors (Lipinski definition) is 3. The average molecular weight is 221 g/mol. The summed E-state index contributed by atoms with van der Waals surface area (Å²) in [6, 6.07) is 15.9. The Kier molecular flexibility index (Phi) is 2.29. The van der Waals surface area contributed by atoms with Crippen molar-refractivity contribution in [3.05, 3.63) is 54.1 Å². The summed E-state index contributed by atoms with van der Waals surface area (Å²) in [7, 11) is 0. The van der Waals surface area contributed by atoms with Gasteiger partial charge >= 0.3 is 0 Å². The van der Waals surface area contributed by atoms with Gasteiger partial charge in [-0.15, -0.1) is 10.2 Å². The molecule has 2 aromatic carbocycles. The molecule has 0 fully saturated rings. The number of nitrogens with zero attached hydrogens (tertiary/aromatic N) is 3. The van der Waals surface area contributed by atoms with E-state index in [4.69, 9.17) is 0 Å². The van der Waals surface area contributed by atoms with Crippen LogP contribution in [0.3, 0.4) is 0 Å². The first-order valence-electron chi connectivity index (χ1n) is 5.49. The largest absolute Gasteiger partial charge is 0.225 e. The number of rotatable bonds is 1. The van der Waals surface area contributed by atoms with Crippen molar-refractivity contribution in [1.82, 2.24) is 15.2 Å². The Balaban J connectivity index is 2.19. The van der Waals surface area contributed by atoms with Crippen LogP contribution in [0.2, 0.25) is 0 Å². The van der Waals surface area contributed by atoms with Crippen LogP contribution < -0.4 is 0 Å². The minimum absolute atomic E-state index is 0.670. The molecule has 1 aromatic heterocycles. The Morgan fingerprint density at radius 2 is 1.65 bits per heavy atom. The molecule has 0 aliphatic rings. The average Bonchev–Trinajstić information content (AvgIpc) is 2.39. The molecule has 0 saturated carbocycles. The van der Waals surface area contributed by atoms with E-state index in [0.717, 1.165) is 16.6 Å². The van der Waals surface area contributed by atoms with Gasteiger partial charge in [0.2, 0.25) is 0 Å². The predicted octanol–water partition coefficient (Wildman–Crippen LogP) is 3.00. The minimum atomic E-state index is 0.670. The lowest BCUT2D eigenvalue weighted by Crippen LogP contribution is -1.94. The molecule has 0 unspecified atom stereocenters. The molecular formula is C14H11N3. The van der Waals surface area contributed by atoms with Gasteiger partial charge < -0.3 is 0 Å². The quantitative estimate of drug-likeness (QED) is 0.634. The van der Waals surface area contributed by atoms with Gasteiger partial charge in [-0.05, 0) is 24.6 Å². The molecule has 3 rings (SSSR count). The van der Waals surface area contributed by atoms with Gasteiger partial charge in [0.15, 0.2) is 5.82 Å². The molecule has 0 aliphatic carbocycles. The number of benzene rings is 2. The summed E-state index contributed by atoms with van der Waals surface area (Å²) in [6.45, 7) is 2.05. The molecule has 0 atom stereocenters. The fraction of sp³-hybridized carbons (Fsp3) is 0.0714. The van der Waals surface area contributed by atoms with E-state index in [0.29, 0.717) is 5.82 Å². The number of hydrogen-bond donors (Lipinski definition) is 0. The van der Waals surface area contributed by atoms with Crippen LogP contribution >= 0.6 is 0 Å². The Hall–Kier alpha value is -2.29. The fourth-order valence-corrected chi connectivity index (χ4v) is 1.75. The van der Waals surface area contributed by atoms with E-state index in [2.05, 4.69) is 15.2 Å². The Labute approximate surface area is 99.2 Å². The molecule has 3 aromatic rings. The summed E-state index contributed by atoms with van der Waals surface area (Å²) in [6.07, 6.45) is 0. The second-order valence-electron chi connectivity index (χ2n) is 3.99. The first kappa shape index (κ1) is 9.90.